The van der Waals surface area contributed by atoms with E-state index >= 15 is 0 Å². The number of carbonyl (C=O) groups excluding carboxylic acids is 2. The Morgan fingerprint density at radius 3 is 2.70 bits per heavy atom. The van der Waals surface area contributed by atoms with Crippen molar-refractivity contribution in [3.63, 3.8) is 0 Å². The number of amides is 2. The van der Waals surface area contributed by atoms with Crippen molar-refractivity contribution in [1.29, 1.82) is 0 Å². The molecule has 0 saturated carbocycles. The molecule has 0 radical (unpaired) electrons. The Hall–Kier alpha value is -2.89. The number of nitrogens with zero attached hydrogens (tertiary/aromatic N) is 1. The van der Waals surface area contributed by atoms with Crippen LogP contribution < -0.4 is 15.4 Å². The van der Waals surface area contributed by atoms with Gasteiger partial charge in [-0.2, -0.15) is 0 Å². The van der Waals surface area contributed by atoms with Crippen molar-refractivity contribution < 1.29 is 14.3 Å². The van der Waals surface area contributed by atoms with Crippen molar-refractivity contribution in [2.45, 2.75) is 6.42 Å². The van der Waals surface area contributed by atoms with Gasteiger partial charge in [-0.15, -0.1) is 0 Å². The van der Waals surface area contributed by atoms with E-state index in [0.29, 0.717) is 18.7 Å². The first kappa shape index (κ1) is 16.5. The van der Waals surface area contributed by atoms with Gasteiger partial charge in [-0.25, -0.2) is 0 Å². The van der Waals surface area contributed by atoms with Crippen LogP contribution in [-0.4, -0.2) is 37.0 Å². The fraction of sp³-hybridized carbons (Fsp3) is 0.235. The summed E-state index contributed by atoms with van der Waals surface area (Å²) in [7, 11) is 1.59. The SMILES string of the molecule is COc1cccc(CC(=O)NCCNC(=O)c2cccnc2)c1. The van der Waals surface area contributed by atoms with Crippen LogP contribution in [0, 0.1) is 0 Å². The van der Waals surface area contributed by atoms with Crippen LogP contribution in [0.2, 0.25) is 0 Å². The molecule has 0 aliphatic carbocycles. The fourth-order valence-corrected chi connectivity index (χ4v) is 2.01. The summed E-state index contributed by atoms with van der Waals surface area (Å²) in [5.41, 5.74) is 1.37. The lowest BCUT2D eigenvalue weighted by atomic mass is 10.1. The van der Waals surface area contributed by atoms with Gasteiger partial charge in [-0.3, -0.25) is 14.6 Å². The zero-order valence-electron chi connectivity index (χ0n) is 12.9. The van der Waals surface area contributed by atoms with E-state index in [-0.39, 0.29) is 18.2 Å². The molecule has 2 amide bonds. The highest BCUT2D eigenvalue weighted by molar-refractivity contribution is 5.93. The second kappa shape index (κ2) is 8.53. The molecule has 0 atom stereocenters. The van der Waals surface area contributed by atoms with Crippen LogP contribution in [0.5, 0.6) is 5.75 Å². The number of benzene rings is 1. The van der Waals surface area contributed by atoms with Crippen molar-refractivity contribution in [3.8, 4) is 5.75 Å². The van der Waals surface area contributed by atoms with Crippen molar-refractivity contribution >= 4 is 11.8 Å². The summed E-state index contributed by atoms with van der Waals surface area (Å²) in [6.45, 7) is 0.729. The number of pyridine rings is 1. The molecule has 0 spiro atoms. The first-order valence-corrected chi connectivity index (χ1v) is 7.27. The summed E-state index contributed by atoms with van der Waals surface area (Å²) in [6, 6.07) is 10.7. The Morgan fingerprint density at radius 1 is 1.13 bits per heavy atom. The number of rotatable bonds is 7. The molecule has 1 aromatic carbocycles. The molecule has 120 valence electrons. The van der Waals surface area contributed by atoms with Crippen LogP contribution in [0.4, 0.5) is 0 Å². The van der Waals surface area contributed by atoms with E-state index in [1.807, 2.05) is 24.3 Å². The minimum atomic E-state index is -0.208. The Morgan fingerprint density at radius 2 is 1.96 bits per heavy atom. The van der Waals surface area contributed by atoms with Crippen molar-refractivity contribution in [2.24, 2.45) is 0 Å². The summed E-state index contributed by atoms with van der Waals surface area (Å²) in [6.07, 6.45) is 3.38. The van der Waals surface area contributed by atoms with Crippen molar-refractivity contribution in [2.75, 3.05) is 20.2 Å². The van der Waals surface area contributed by atoms with E-state index in [2.05, 4.69) is 15.6 Å². The maximum Gasteiger partial charge on any atom is 0.252 e. The van der Waals surface area contributed by atoms with E-state index in [1.165, 1.54) is 6.20 Å². The molecule has 2 aromatic rings. The van der Waals surface area contributed by atoms with E-state index < -0.39 is 0 Å². The lowest BCUT2D eigenvalue weighted by molar-refractivity contribution is -0.120. The number of aromatic nitrogens is 1. The highest BCUT2D eigenvalue weighted by Gasteiger charge is 2.06. The van der Waals surface area contributed by atoms with Gasteiger partial charge < -0.3 is 15.4 Å². The van der Waals surface area contributed by atoms with Crippen LogP contribution in [0.3, 0.4) is 0 Å². The van der Waals surface area contributed by atoms with Gasteiger partial charge in [0.05, 0.1) is 19.1 Å². The van der Waals surface area contributed by atoms with Gasteiger partial charge in [0.25, 0.3) is 5.91 Å². The molecule has 6 heteroatoms. The molecule has 6 nitrogen and oxygen atoms in total. The molecule has 1 heterocycles. The van der Waals surface area contributed by atoms with Gasteiger partial charge in [0.15, 0.2) is 0 Å². The zero-order chi connectivity index (χ0) is 16.5. The van der Waals surface area contributed by atoms with Gasteiger partial charge in [0.2, 0.25) is 5.91 Å². The summed E-state index contributed by atoms with van der Waals surface area (Å²) in [4.78, 5) is 27.5. The maximum atomic E-state index is 11.9. The van der Waals surface area contributed by atoms with Gasteiger partial charge in [0.1, 0.15) is 5.75 Å². The van der Waals surface area contributed by atoms with Crippen LogP contribution >= 0.6 is 0 Å². The first-order chi connectivity index (χ1) is 11.2. The summed E-state index contributed by atoms with van der Waals surface area (Å²) in [5.74, 6) is 0.410. The number of methoxy groups -OCH3 is 1. The van der Waals surface area contributed by atoms with E-state index in [9.17, 15) is 9.59 Å². The number of carbonyl (C=O) groups is 2. The zero-order valence-corrected chi connectivity index (χ0v) is 12.9. The molecule has 0 bridgehead atoms. The molecule has 1 aromatic heterocycles. The third-order valence-electron chi connectivity index (χ3n) is 3.16. The second-order valence-corrected chi connectivity index (χ2v) is 4.88. The Bertz CT molecular complexity index is 659. The quantitative estimate of drug-likeness (QED) is 0.752. The van der Waals surface area contributed by atoms with Crippen LogP contribution in [0.1, 0.15) is 15.9 Å². The molecule has 0 aliphatic rings. The smallest absolute Gasteiger partial charge is 0.252 e. The van der Waals surface area contributed by atoms with Gasteiger partial charge in [-0.05, 0) is 29.8 Å². The number of ether oxygens (including phenoxy) is 1. The third-order valence-corrected chi connectivity index (χ3v) is 3.16. The van der Waals surface area contributed by atoms with Gasteiger partial charge >= 0.3 is 0 Å². The minimum absolute atomic E-state index is 0.103. The standard InChI is InChI=1S/C17H19N3O3/c1-23-15-6-2-4-13(10-15)11-16(21)19-8-9-20-17(22)14-5-3-7-18-12-14/h2-7,10,12H,8-9,11H2,1H3,(H,19,21)(H,20,22). The molecule has 0 aliphatic heterocycles. The normalized spacial score (nSPS) is 9.96. The fourth-order valence-electron chi connectivity index (χ4n) is 2.01. The van der Waals surface area contributed by atoms with Crippen molar-refractivity contribution in [3.05, 3.63) is 59.9 Å². The summed E-state index contributed by atoms with van der Waals surface area (Å²) in [5, 5.41) is 5.49. The Kier molecular flexibility index (Phi) is 6.11. The lowest BCUT2D eigenvalue weighted by Crippen LogP contribution is -2.35. The Labute approximate surface area is 134 Å². The van der Waals surface area contributed by atoms with Crippen LogP contribution in [-0.2, 0) is 11.2 Å². The predicted octanol–water partition coefficient (Wildman–Crippen LogP) is 1.18. The monoisotopic (exact) mass is 313 g/mol. The molecule has 0 saturated heterocycles. The molecular weight excluding hydrogens is 294 g/mol. The van der Waals surface area contributed by atoms with Crippen LogP contribution in [0.15, 0.2) is 48.8 Å². The van der Waals surface area contributed by atoms with Crippen molar-refractivity contribution in [1.82, 2.24) is 15.6 Å². The molecule has 2 rings (SSSR count). The second-order valence-electron chi connectivity index (χ2n) is 4.88. The van der Waals surface area contributed by atoms with Gasteiger partial charge in [0, 0.05) is 25.5 Å². The highest BCUT2D eigenvalue weighted by Crippen LogP contribution is 2.12. The van der Waals surface area contributed by atoms with E-state index in [4.69, 9.17) is 4.74 Å². The minimum Gasteiger partial charge on any atom is -0.497 e. The first-order valence-electron chi connectivity index (χ1n) is 7.27. The molecule has 0 fully saturated rings. The van der Waals surface area contributed by atoms with E-state index in [1.54, 1.807) is 25.4 Å². The highest BCUT2D eigenvalue weighted by atomic mass is 16.5. The molecule has 0 unspecified atom stereocenters. The average molecular weight is 313 g/mol. The van der Waals surface area contributed by atoms with Gasteiger partial charge in [-0.1, -0.05) is 12.1 Å². The average Bonchev–Trinajstić information content (AvgIpc) is 2.59. The molecular formula is C17H19N3O3. The lowest BCUT2D eigenvalue weighted by Gasteiger charge is -2.08. The topological polar surface area (TPSA) is 80.3 Å². The summed E-state index contributed by atoms with van der Waals surface area (Å²) < 4.78 is 5.12. The molecule has 23 heavy (non-hydrogen) atoms. The summed E-state index contributed by atoms with van der Waals surface area (Å²) >= 11 is 0. The van der Waals surface area contributed by atoms with E-state index in [0.717, 1.165) is 11.3 Å². The predicted molar refractivity (Wildman–Crippen MR) is 86.3 cm³/mol. The maximum absolute atomic E-state index is 11.9. The number of hydrogen-bond acceptors (Lipinski definition) is 4. The molecule has 2 N–H and O–H groups in total. The number of nitrogens with one attached hydrogen (secondary N) is 2. The Balaban J connectivity index is 1.69. The third kappa shape index (κ3) is 5.43. The van der Waals surface area contributed by atoms with Crippen LogP contribution in [0.25, 0.3) is 0 Å². The number of hydrogen-bond donors (Lipinski definition) is 2. The largest absolute Gasteiger partial charge is 0.497 e.